The van der Waals surface area contributed by atoms with Crippen molar-refractivity contribution in [3.63, 3.8) is 0 Å². The summed E-state index contributed by atoms with van der Waals surface area (Å²) in [6, 6.07) is 33.2. The minimum atomic E-state index is -0.902. The molecule has 2 aliphatic heterocycles. The third-order valence-corrected chi connectivity index (χ3v) is 12.2. The van der Waals surface area contributed by atoms with E-state index in [4.69, 9.17) is 9.47 Å². The highest BCUT2D eigenvalue weighted by Crippen LogP contribution is 2.35. The molecular weight excluding hydrogens is 829 g/mol. The van der Waals surface area contributed by atoms with Crippen molar-refractivity contribution in [1.82, 2.24) is 20.6 Å². The number of nitrogens with one attached hydrogen (secondary N) is 2. The molecule has 4 N–H and O–H groups in total. The van der Waals surface area contributed by atoms with Crippen LogP contribution < -0.4 is 29.9 Å². The zero-order valence-corrected chi connectivity index (χ0v) is 38.8. The number of aryl methyl sites for hydroxylation is 2. The molecule has 0 fully saturated rings. The standard InChI is InChI=1S/2C27H31N3O3/c2*1-18(2)33-23-8-5-21(6-9-23)30(3)22-7-10-24-19(16-22)12-15-29-26(24)11-4-20-17-28-14-13-25(20)27(31)32/h2*5-10,13-14,16-18,26,29H,4,11-12,15H2,1-3H3,(H,31,32)/t2*26-/m10/s1. The summed E-state index contributed by atoms with van der Waals surface area (Å²) in [6.45, 7) is 9.91. The Morgan fingerprint density at radius 1 is 0.591 bits per heavy atom. The monoisotopic (exact) mass is 890 g/mol. The van der Waals surface area contributed by atoms with Crippen molar-refractivity contribution < 1.29 is 29.3 Å². The number of rotatable bonds is 16. The van der Waals surface area contributed by atoms with Gasteiger partial charge >= 0.3 is 11.9 Å². The lowest BCUT2D eigenvalue weighted by molar-refractivity contribution is 0.0684. The molecule has 0 aliphatic carbocycles. The molecule has 0 spiro atoms. The number of carboxylic acids is 2. The second-order valence-electron chi connectivity index (χ2n) is 17.5. The summed E-state index contributed by atoms with van der Waals surface area (Å²) in [5, 5.41) is 26.1. The van der Waals surface area contributed by atoms with E-state index in [2.05, 4.69) is 105 Å². The maximum absolute atomic E-state index is 11.5. The molecule has 6 aromatic rings. The van der Waals surface area contributed by atoms with E-state index in [0.717, 1.165) is 84.1 Å². The van der Waals surface area contributed by atoms with E-state index in [9.17, 15) is 19.8 Å². The second-order valence-corrected chi connectivity index (χ2v) is 17.5. The number of carbonyl (C=O) groups is 2. The lowest BCUT2D eigenvalue weighted by Crippen LogP contribution is -2.30. The topological polar surface area (TPSA) is 149 Å². The number of anilines is 4. The van der Waals surface area contributed by atoms with Crippen molar-refractivity contribution in [3.8, 4) is 11.5 Å². The van der Waals surface area contributed by atoms with Gasteiger partial charge in [0.2, 0.25) is 0 Å². The molecule has 0 saturated carbocycles. The number of fused-ring (bicyclic) bond motifs is 2. The summed E-state index contributed by atoms with van der Waals surface area (Å²) in [5.41, 5.74) is 12.0. The molecule has 0 unspecified atom stereocenters. The van der Waals surface area contributed by atoms with Crippen molar-refractivity contribution in [2.24, 2.45) is 0 Å². The normalized spacial score (nSPS) is 15.2. The van der Waals surface area contributed by atoms with Crippen LogP contribution in [0.3, 0.4) is 0 Å². The molecule has 2 atom stereocenters. The van der Waals surface area contributed by atoms with E-state index in [1.54, 1.807) is 24.5 Å². The predicted octanol–water partition coefficient (Wildman–Crippen LogP) is 10.3. The fourth-order valence-electron chi connectivity index (χ4n) is 8.82. The number of benzene rings is 4. The Balaban J connectivity index is 0.000000196. The Labute approximate surface area is 388 Å². The number of aromatic carboxylic acids is 2. The first kappa shape index (κ1) is 47.2. The van der Waals surface area contributed by atoms with E-state index in [1.165, 1.54) is 34.6 Å². The minimum Gasteiger partial charge on any atom is -0.491 e. The number of carboxylic acid groups (broad SMARTS) is 2. The van der Waals surface area contributed by atoms with Gasteiger partial charge < -0.3 is 40.1 Å². The largest absolute Gasteiger partial charge is 0.491 e. The Morgan fingerprint density at radius 2 is 0.970 bits per heavy atom. The van der Waals surface area contributed by atoms with Gasteiger partial charge in [0.1, 0.15) is 11.5 Å². The maximum Gasteiger partial charge on any atom is 0.336 e. The molecule has 2 aromatic heterocycles. The number of aromatic nitrogens is 2. The first-order valence-corrected chi connectivity index (χ1v) is 22.9. The zero-order valence-electron chi connectivity index (χ0n) is 38.8. The van der Waals surface area contributed by atoms with Crippen molar-refractivity contribution in [3.05, 3.63) is 166 Å². The van der Waals surface area contributed by atoms with Crippen molar-refractivity contribution in [1.29, 1.82) is 0 Å². The van der Waals surface area contributed by atoms with Gasteiger partial charge in [0, 0.05) is 73.7 Å². The lowest BCUT2D eigenvalue weighted by atomic mass is 9.89. The van der Waals surface area contributed by atoms with Crippen molar-refractivity contribution in [2.45, 2.75) is 90.5 Å². The predicted molar refractivity (Wildman–Crippen MR) is 261 cm³/mol. The Hall–Kier alpha value is -6.76. The Bertz CT molecular complexity index is 2400. The fourth-order valence-corrected chi connectivity index (χ4v) is 8.82. The average Bonchev–Trinajstić information content (AvgIpc) is 3.32. The third-order valence-electron chi connectivity index (χ3n) is 12.2. The molecule has 0 bridgehead atoms. The molecule has 2 aliphatic rings. The van der Waals surface area contributed by atoms with Crippen LogP contribution in [0.4, 0.5) is 22.7 Å². The highest BCUT2D eigenvalue weighted by molar-refractivity contribution is 5.89. The van der Waals surface area contributed by atoms with Crippen LogP contribution in [0.15, 0.2) is 122 Å². The smallest absolute Gasteiger partial charge is 0.336 e. The summed E-state index contributed by atoms with van der Waals surface area (Å²) in [4.78, 5) is 35.6. The molecule has 0 radical (unpaired) electrons. The van der Waals surface area contributed by atoms with Gasteiger partial charge in [-0.05, 0) is 198 Å². The van der Waals surface area contributed by atoms with E-state index < -0.39 is 11.9 Å². The van der Waals surface area contributed by atoms with Crippen LogP contribution in [0.25, 0.3) is 0 Å². The number of pyridine rings is 2. The van der Waals surface area contributed by atoms with Gasteiger partial charge in [0.15, 0.2) is 0 Å². The molecular formula is C54H62N6O6. The maximum atomic E-state index is 11.5. The molecule has 8 rings (SSSR count). The number of nitrogens with zero attached hydrogens (tertiary/aromatic N) is 4. The Kier molecular flexibility index (Phi) is 15.7. The summed E-state index contributed by atoms with van der Waals surface area (Å²) in [6.07, 6.45) is 11.6. The number of hydrogen-bond donors (Lipinski definition) is 4. The minimum absolute atomic E-state index is 0.157. The number of ether oxygens (including phenoxy) is 2. The van der Waals surface area contributed by atoms with Gasteiger partial charge in [0.05, 0.1) is 23.3 Å². The SMILES string of the molecule is CC(C)Oc1ccc(N(C)c2ccc3c(c2)CCN[C@@H]3CCc2cnccc2C(=O)O)cc1.CC(C)Oc1ccc(N(C)c2ccc3c(c2)CCN[C@H]3CCc2cnccc2C(=O)O)cc1. The van der Waals surface area contributed by atoms with Crippen LogP contribution in [0.2, 0.25) is 0 Å². The third kappa shape index (κ3) is 11.9. The molecule has 12 heteroatoms. The summed E-state index contributed by atoms with van der Waals surface area (Å²) in [5.74, 6) is -0.0517. The summed E-state index contributed by atoms with van der Waals surface area (Å²) < 4.78 is 11.5. The van der Waals surface area contributed by atoms with Crippen LogP contribution in [-0.2, 0) is 25.7 Å². The first-order chi connectivity index (χ1) is 31.8. The van der Waals surface area contributed by atoms with Gasteiger partial charge in [-0.25, -0.2) is 9.59 Å². The molecule has 0 amide bonds. The molecule has 4 aromatic carbocycles. The molecule has 344 valence electrons. The quantitative estimate of drug-likeness (QED) is 0.0733. The highest BCUT2D eigenvalue weighted by atomic mass is 16.5. The molecule has 12 nitrogen and oxygen atoms in total. The van der Waals surface area contributed by atoms with Crippen molar-refractivity contribution >= 4 is 34.7 Å². The zero-order chi connectivity index (χ0) is 46.7. The number of hydrogen-bond acceptors (Lipinski definition) is 10. The van der Waals surface area contributed by atoms with E-state index >= 15 is 0 Å². The Morgan fingerprint density at radius 3 is 1.33 bits per heavy atom. The van der Waals surface area contributed by atoms with Gasteiger partial charge in [-0.3, -0.25) is 9.97 Å². The molecule has 0 saturated heterocycles. The van der Waals surface area contributed by atoms with Crippen molar-refractivity contribution in [2.75, 3.05) is 37.0 Å². The molecule has 4 heterocycles. The van der Waals surface area contributed by atoms with Crippen LogP contribution in [-0.4, -0.2) is 71.5 Å². The second kappa shape index (κ2) is 21.9. The average molecular weight is 891 g/mol. The van der Waals surface area contributed by atoms with Gasteiger partial charge in [-0.1, -0.05) is 12.1 Å². The molecule has 66 heavy (non-hydrogen) atoms. The summed E-state index contributed by atoms with van der Waals surface area (Å²) >= 11 is 0. The summed E-state index contributed by atoms with van der Waals surface area (Å²) in [7, 11) is 4.16. The van der Waals surface area contributed by atoms with Gasteiger partial charge in [-0.15, -0.1) is 0 Å². The van der Waals surface area contributed by atoms with E-state index in [1.807, 2.05) is 52.0 Å². The van der Waals surface area contributed by atoms with Crippen LogP contribution >= 0.6 is 0 Å². The fraction of sp³-hybridized carbons (Fsp3) is 0.333. The highest BCUT2D eigenvalue weighted by Gasteiger charge is 2.24. The lowest BCUT2D eigenvalue weighted by Gasteiger charge is -2.29. The van der Waals surface area contributed by atoms with Crippen LogP contribution in [0, 0.1) is 0 Å². The first-order valence-electron chi connectivity index (χ1n) is 22.9. The van der Waals surface area contributed by atoms with Crippen LogP contribution in [0.5, 0.6) is 11.5 Å². The van der Waals surface area contributed by atoms with E-state index in [0.29, 0.717) is 24.0 Å². The van der Waals surface area contributed by atoms with Gasteiger partial charge in [0.25, 0.3) is 0 Å². The van der Waals surface area contributed by atoms with E-state index in [-0.39, 0.29) is 24.3 Å². The van der Waals surface area contributed by atoms with Crippen LogP contribution in [0.1, 0.15) is 107 Å². The van der Waals surface area contributed by atoms with Gasteiger partial charge in [-0.2, -0.15) is 0 Å².